The van der Waals surface area contributed by atoms with Gasteiger partial charge in [-0.05, 0) is 30.7 Å². The lowest BCUT2D eigenvalue weighted by Crippen LogP contribution is -2.30. The molecule has 1 aromatic heterocycles. The van der Waals surface area contributed by atoms with Gasteiger partial charge in [-0.2, -0.15) is 0 Å². The molecule has 3 rings (SSSR count). The van der Waals surface area contributed by atoms with Gasteiger partial charge in [0.05, 0.1) is 0 Å². The summed E-state index contributed by atoms with van der Waals surface area (Å²) in [4.78, 5) is 18.8. The molecule has 0 N–H and O–H groups in total. The van der Waals surface area contributed by atoms with Crippen LogP contribution < -0.4 is 0 Å². The largest absolute Gasteiger partial charge is 0.441 e. The van der Waals surface area contributed by atoms with Gasteiger partial charge in [0.15, 0.2) is 11.5 Å². The van der Waals surface area contributed by atoms with Crippen LogP contribution in [0, 0.1) is 6.92 Å². The molecule has 112 valence electrons. The highest BCUT2D eigenvalue weighted by atomic mass is 16.3. The van der Waals surface area contributed by atoms with Gasteiger partial charge in [-0.3, -0.25) is 4.79 Å². The van der Waals surface area contributed by atoms with Crippen LogP contribution in [0.15, 0.2) is 52.9 Å². The van der Waals surface area contributed by atoms with Crippen molar-refractivity contribution in [3.05, 3.63) is 65.5 Å². The molecule has 0 aliphatic heterocycles. The molecule has 22 heavy (non-hydrogen) atoms. The van der Waals surface area contributed by atoms with Crippen LogP contribution in [0.4, 0.5) is 0 Å². The van der Waals surface area contributed by atoms with E-state index in [1.165, 1.54) is 0 Å². The summed E-state index contributed by atoms with van der Waals surface area (Å²) in [5, 5.41) is 0. The first-order valence-electron chi connectivity index (χ1n) is 7.38. The molecule has 0 fully saturated rings. The summed E-state index contributed by atoms with van der Waals surface area (Å²) in [5.41, 5.74) is 3.18. The molecule has 4 heteroatoms. The van der Waals surface area contributed by atoms with Crippen molar-refractivity contribution in [3.63, 3.8) is 0 Å². The normalized spacial score (nSPS) is 10.8. The van der Waals surface area contributed by atoms with Gasteiger partial charge in [-0.1, -0.05) is 30.3 Å². The molecule has 2 aromatic carbocycles. The van der Waals surface area contributed by atoms with Crippen molar-refractivity contribution >= 4 is 17.0 Å². The van der Waals surface area contributed by atoms with Crippen LogP contribution in [0.1, 0.15) is 28.7 Å². The zero-order chi connectivity index (χ0) is 15.5. The second-order valence-corrected chi connectivity index (χ2v) is 5.22. The van der Waals surface area contributed by atoms with E-state index in [9.17, 15) is 4.79 Å². The highest BCUT2D eigenvalue weighted by Gasteiger charge is 2.16. The Morgan fingerprint density at radius 2 is 1.95 bits per heavy atom. The van der Waals surface area contributed by atoms with Crippen molar-refractivity contribution in [2.45, 2.75) is 20.4 Å². The number of aromatic nitrogens is 1. The van der Waals surface area contributed by atoms with Gasteiger partial charge < -0.3 is 9.32 Å². The van der Waals surface area contributed by atoms with E-state index in [0.717, 1.165) is 11.1 Å². The summed E-state index contributed by atoms with van der Waals surface area (Å²) in [5.74, 6) is 0.610. The van der Waals surface area contributed by atoms with Crippen LogP contribution in [0.3, 0.4) is 0 Å². The predicted octanol–water partition coefficient (Wildman–Crippen LogP) is 3.80. The first-order valence-corrected chi connectivity index (χ1v) is 7.38. The molecule has 0 spiro atoms. The molecule has 0 aliphatic rings. The summed E-state index contributed by atoms with van der Waals surface area (Å²) in [6.45, 7) is 5.04. The molecule has 0 atom stereocenters. The molecule has 4 nitrogen and oxygen atoms in total. The number of carbonyl (C=O) groups is 1. The van der Waals surface area contributed by atoms with Crippen LogP contribution in [-0.4, -0.2) is 22.3 Å². The third-order valence-electron chi connectivity index (χ3n) is 3.63. The van der Waals surface area contributed by atoms with Crippen LogP contribution in [0.25, 0.3) is 11.1 Å². The number of amides is 1. The Morgan fingerprint density at radius 1 is 1.18 bits per heavy atom. The van der Waals surface area contributed by atoms with Gasteiger partial charge in [-0.15, -0.1) is 0 Å². The molecule has 0 radical (unpaired) electrons. The Labute approximate surface area is 129 Å². The molecular weight excluding hydrogens is 276 g/mol. The van der Waals surface area contributed by atoms with E-state index in [4.69, 9.17) is 4.42 Å². The van der Waals surface area contributed by atoms with Crippen LogP contribution in [0.2, 0.25) is 0 Å². The quantitative estimate of drug-likeness (QED) is 0.735. The summed E-state index contributed by atoms with van der Waals surface area (Å²) >= 11 is 0. The van der Waals surface area contributed by atoms with E-state index < -0.39 is 0 Å². The minimum Gasteiger partial charge on any atom is -0.441 e. The molecule has 0 unspecified atom stereocenters. The second kappa shape index (κ2) is 6.02. The van der Waals surface area contributed by atoms with Crippen molar-refractivity contribution < 1.29 is 9.21 Å². The van der Waals surface area contributed by atoms with Crippen molar-refractivity contribution in [1.82, 2.24) is 9.88 Å². The second-order valence-electron chi connectivity index (χ2n) is 5.22. The Morgan fingerprint density at radius 3 is 2.68 bits per heavy atom. The number of benzene rings is 2. The summed E-state index contributed by atoms with van der Waals surface area (Å²) in [6.07, 6.45) is 0. The lowest BCUT2D eigenvalue weighted by molar-refractivity contribution is 0.0752. The number of carbonyl (C=O) groups excluding carboxylic acids is 1. The maximum Gasteiger partial charge on any atom is 0.254 e. The molecule has 1 heterocycles. The van der Waals surface area contributed by atoms with Crippen molar-refractivity contribution in [3.8, 4) is 0 Å². The maximum atomic E-state index is 12.7. The Bertz CT molecular complexity index is 793. The fraction of sp³-hybridized carbons (Fsp3) is 0.222. The number of hydrogen-bond acceptors (Lipinski definition) is 3. The standard InChI is InChI=1S/C18H18N2O2/c1-3-20(12-14-7-5-4-6-8-14)18(21)15-9-10-16-17(11-15)22-13(2)19-16/h4-11H,3,12H2,1-2H3. The maximum absolute atomic E-state index is 12.7. The topological polar surface area (TPSA) is 46.3 Å². The fourth-order valence-corrected chi connectivity index (χ4v) is 2.49. The van der Waals surface area contributed by atoms with Crippen LogP contribution in [-0.2, 0) is 6.54 Å². The van der Waals surface area contributed by atoms with E-state index >= 15 is 0 Å². The lowest BCUT2D eigenvalue weighted by atomic mass is 10.1. The highest BCUT2D eigenvalue weighted by molar-refractivity contribution is 5.97. The third kappa shape index (κ3) is 2.86. The van der Waals surface area contributed by atoms with Crippen molar-refractivity contribution in [2.24, 2.45) is 0 Å². The average molecular weight is 294 g/mol. The van der Waals surface area contributed by atoms with Crippen molar-refractivity contribution in [1.29, 1.82) is 0 Å². The first kappa shape index (κ1) is 14.3. The minimum absolute atomic E-state index is 0.00214. The van der Waals surface area contributed by atoms with Gasteiger partial charge >= 0.3 is 0 Å². The number of nitrogens with zero attached hydrogens (tertiary/aromatic N) is 2. The van der Waals surface area contributed by atoms with Crippen LogP contribution >= 0.6 is 0 Å². The highest BCUT2D eigenvalue weighted by Crippen LogP contribution is 2.18. The summed E-state index contributed by atoms with van der Waals surface area (Å²) in [7, 11) is 0. The van der Waals surface area contributed by atoms with E-state index in [1.807, 2.05) is 48.2 Å². The molecule has 0 saturated heterocycles. The molecule has 0 saturated carbocycles. The Balaban J connectivity index is 1.85. The fourth-order valence-electron chi connectivity index (χ4n) is 2.49. The number of aryl methyl sites for hydroxylation is 1. The number of fused-ring (bicyclic) bond motifs is 1. The average Bonchev–Trinajstić information content (AvgIpc) is 2.92. The zero-order valence-corrected chi connectivity index (χ0v) is 12.7. The SMILES string of the molecule is CCN(Cc1ccccc1)C(=O)c1ccc2nc(C)oc2c1. The number of oxazole rings is 1. The molecular formula is C18H18N2O2. The van der Waals surface area contributed by atoms with Gasteiger partial charge in [0.2, 0.25) is 0 Å². The monoisotopic (exact) mass is 294 g/mol. The lowest BCUT2D eigenvalue weighted by Gasteiger charge is -2.21. The number of hydrogen-bond donors (Lipinski definition) is 0. The zero-order valence-electron chi connectivity index (χ0n) is 12.7. The Kier molecular flexibility index (Phi) is 3.92. The van der Waals surface area contributed by atoms with E-state index in [1.54, 1.807) is 19.1 Å². The van der Waals surface area contributed by atoms with Gasteiger partial charge in [0.25, 0.3) is 5.91 Å². The van der Waals surface area contributed by atoms with E-state index in [2.05, 4.69) is 4.98 Å². The Hall–Kier alpha value is -2.62. The number of rotatable bonds is 4. The summed E-state index contributed by atoms with van der Waals surface area (Å²) < 4.78 is 5.51. The van der Waals surface area contributed by atoms with Crippen LogP contribution in [0.5, 0.6) is 0 Å². The minimum atomic E-state index is 0.00214. The molecule has 3 aromatic rings. The predicted molar refractivity (Wildman–Crippen MR) is 85.6 cm³/mol. The van der Waals surface area contributed by atoms with Crippen molar-refractivity contribution in [2.75, 3.05) is 6.54 Å². The van der Waals surface area contributed by atoms with E-state index in [-0.39, 0.29) is 5.91 Å². The smallest absolute Gasteiger partial charge is 0.254 e. The molecule has 0 aliphatic carbocycles. The third-order valence-corrected chi connectivity index (χ3v) is 3.63. The molecule has 0 bridgehead atoms. The van der Waals surface area contributed by atoms with E-state index in [0.29, 0.717) is 30.1 Å². The first-order chi connectivity index (χ1) is 10.7. The molecule has 1 amide bonds. The van der Waals surface area contributed by atoms with Gasteiger partial charge in [0, 0.05) is 25.6 Å². The summed E-state index contributed by atoms with van der Waals surface area (Å²) in [6, 6.07) is 15.4. The van der Waals surface area contributed by atoms with Gasteiger partial charge in [0.1, 0.15) is 5.52 Å². The van der Waals surface area contributed by atoms with Gasteiger partial charge in [-0.25, -0.2) is 4.98 Å².